The molecule has 26 heavy (non-hydrogen) atoms. The first-order valence-electron chi connectivity index (χ1n) is 8.46. The van der Waals surface area contributed by atoms with Crippen LogP contribution >= 0.6 is 22.7 Å². The monoisotopic (exact) mass is 385 g/mol. The van der Waals surface area contributed by atoms with Gasteiger partial charge in [0.05, 0.1) is 12.2 Å². The molecule has 4 rings (SSSR count). The van der Waals surface area contributed by atoms with Crippen molar-refractivity contribution in [3.8, 4) is 11.3 Å². The zero-order chi connectivity index (χ0) is 17.8. The molecule has 1 N–H and O–H groups in total. The lowest BCUT2D eigenvalue weighted by atomic mass is 10.2. The summed E-state index contributed by atoms with van der Waals surface area (Å²) in [5.74, 6) is 0. The van der Waals surface area contributed by atoms with Gasteiger partial charge in [-0.25, -0.2) is 14.8 Å². The highest BCUT2D eigenvalue weighted by Crippen LogP contribution is 2.22. The maximum absolute atomic E-state index is 12.4. The summed E-state index contributed by atoms with van der Waals surface area (Å²) in [6.45, 7) is 3.51. The fourth-order valence-electron chi connectivity index (χ4n) is 2.87. The summed E-state index contributed by atoms with van der Waals surface area (Å²) in [5, 5.41) is 8.94. The molecule has 3 aromatic rings. The Morgan fingerprint density at radius 1 is 1.12 bits per heavy atom. The van der Waals surface area contributed by atoms with E-state index in [1.807, 2.05) is 52.2 Å². The summed E-state index contributed by atoms with van der Waals surface area (Å²) in [6, 6.07) is 10.0. The second-order valence-electron chi connectivity index (χ2n) is 5.94. The maximum Gasteiger partial charge on any atom is 0.317 e. The number of carbonyl (C=O) groups excluding carboxylic acids is 1. The highest BCUT2D eigenvalue weighted by molar-refractivity contribution is 7.13. The molecule has 134 valence electrons. The molecular formula is C18H19N5OS2. The first kappa shape index (κ1) is 17.0. The van der Waals surface area contributed by atoms with E-state index in [1.54, 1.807) is 22.7 Å². The van der Waals surface area contributed by atoms with E-state index in [-0.39, 0.29) is 6.03 Å². The smallest absolute Gasteiger partial charge is 0.317 e. The standard InChI is InChI=1S/C18H19N5OS2/c24-17(22-7-9-23(10-8-22)18-19-6-11-25-18)20-12-16-21-15(13-26-16)14-4-2-1-3-5-14/h1-6,11,13H,7-10,12H2,(H,20,24). The summed E-state index contributed by atoms with van der Waals surface area (Å²) in [5.41, 5.74) is 2.05. The van der Waals surface area contributed by atoms with Crippen LogP contribution in [0.15, 0.2) is 47.3 Å². The van der Waals surface area contributed by atoms with Gasteiger partial charge in [-0.3, -0.25) is 0 Å². The van der Waals surface area contributed by atoms with Crippen molar-refractivity contribution in [3.05, 3.63) is 52.3 Å². The van der Waals surface area contributed by atoms with Crippen LogP contribution in [0.2, 0.25) is 0 Å². The van der Waals surface area contributed by atoms with Gasteiger partial charge >= 0.3 is 6.03 Å². The van der Waals surface area contributed by atoms with Crippen LogP contribution in [0.25, 0.3) is 11.3 Å². The predicted molar refractivity (Wildman–Crippen MR) is 106 cm³/mol. The summed E-state index contributed by atoms with van der Waals surface area (Å²) in [7, 11) is 0. The summed E-state index contributed by atoms with van der Waals surface area (Å²) in [6.07, 6.45) is 1.82. The molecule has 1 aliphatic rings. The Bertz CT molecular complexity index is 842. The topological polar surface area (TPSA) is 61.4 Å². The molecule has 1 saturated heterocycles. The van der Waals surface area contributed by atoms with Gasteiger partial charge in [-0.05, 0) is 0 Å². The third-order valence-corrected chi connectivity index (χ3v) is 5.95. The molecule has 0 bridgehead atoms. The van der Waals surface area contributed by atoms with Gasteiger partial charge in [0, 0.05) is 48.7 Å². The van der Waals surface area contributed by atoms with Crippen molar-refractivity contribution >= 4 is 33.8 Å². The van der Waals surface area contributed by atoms with Crippen molar-refractivity contribution in [1.29, 1.82) is 0 Å². The van der Waals surface area contributed by atoms with E-state index in [1.165, 1.54) is 0 Å². The minimum Gasteiger partial charge on any atom is -0.345 e. The average Bonchev–Trinajstić information content (AvgIpc) is 3.39. The van der Waals surface area contributed by atoms with Gasteiger partial charge in [-0.2, -0.15) is 0 Å². The van der Waals surface area contributed by atoms with Crippen LogP contribution in [0.5, 0.6) is 0 Å². The van der Waals surface area contributed by atoms with Crippen LogP contribution in [-0.4, -0.2) is 47.1 Å². The van der Waals surface area contributed by atoms with E-state index in [9.17, 15) is 4.79 Å². The molecule has 0 unspecified atom stereocenters. The lowest BCUT2D eigenvalue weighted by Gasteiger charge is -2.34. The fraction of sp³-hybridized carbons (Fsp3) is 0.278. The van der Waals surface area contributed by atoms with Gasteiger partial charge in [0.1, 0.15) is 5.01 Å². The van der Waals surface area contributed by atoms with Crippen molar-refractivity contribution in [1.82, 2.24) is 20.2 Å². The number of amides is 2. The average molecular weight is 386 g/mol. The molecule has 0 radical (unpaired) electrons. The number of carbonyl (C=O) groups is 1. The SMILES string of the molecule is O=C(NCc1nc(-c2ccccc2)cs1)N1CCN(c2nccs2)CC1. The lowest BCUT2D eigenvalue weighted by molar-refractivity contribution is 0.194. The molecule has 1 aromatic carbocycles. The zero-order valence-electron chi connectivity index (χ0n) is 14.2. The summed E-state index contributed by atoms with van der Waals surface area (Å²) < 4.78 is 0. The van der Waals surface area contributed by atoms with Gasteiger partial charge in [-0.1, -0.05) is 30.3 Å². The van der Waals surface area contributed by atoms with E-state index in [0.717, 1.165) is 34.5 Å². The van der Waals surface area contributed by atoms with Crippen LogP contribution in [0, 0.1) is 0 Å². The van der Waals surface area contributed by atoms with Crippen molar-refractivity contribution in [3.63, 3.8) is 0 Å². The Morgan fingerprint density at radius 3 is 2.65 bits per heavy atom. The van der Waals surface area contributed by atoms with Crippen LogP contribution in [0.1, 0.15) is 5.01 Å². The van der Waals surface area contributed by atoms with E-state index in [0.29, 0.717) is 19.6 Å². The molecule has 6 nitrogen and oxygen atoms in total. The number of nitrogens with one attached hydrogen (secondary N) is 1. The van der Waals surface area contributed by atoms with Crippen LogP contribution in [-0.2, 0) is 6.54 Å². The Balaban J connectivity index is 1.28. The van der Waals surface area contributed by atoms with Crippen LogP contribution in [0.4, 0.5) is 9.93 Å². The Morgan fingerprint density at radius 2 is 1.92 bits per heavy atom. The normalized spacial score (nSPS) is 14.5. The largest absolute Gasteiger partial charge is 0.345 e. The van der Waals surface area contributed by atoms with Gasteiger partial charge < -0.3 is 15.1 Å². The summed E-state index contributed by atoms with van der Waals surface area (Å²) >= 11 is 3.21. The van der Waals surface area contributed by atoms with Crippen LogP contribution in [0.3, 0.4) is 0 Å². The predicted octanol–water partition coefficient (Wildman–Crippen LogP) is 3.30. The first-order chi connectivity index (χ1) is 12.8. The van der Waals surface area contributed by atoms with Gasteiger partial charge in [0.15, 0.2) is 5.13 Å². The molecule has 0 aliphatic carbocycles. The summed E-state index contributed by atoms with van der Waals surface area (Å²) in [4.78, 5) is 25.4. The number of rotatable bonds is 4. The van der Waals surface area contributed by atoms with Crippen molar-refractivity contribution in [2.75, 3.05) is 31.1 Å². The van der Waals surface area contributed by atoms with E-state index in [4.69, 9.17) is 0 Å². The molecule has 3 heterocycles. The van der Waals surface area contributed by atoms with Crippen LogP contribution < -0.4 is 10.2 Å². The molecule has 0 atom stereocenters. The first-order valence-corrected chi connectivity index (χ1v) is 10.2. The van der Waals surface area contributed by atoms with Crippen molar-refractivity contribution < 1.29 is 4.79 Å². The zero-order valence-corrected chi connectivity index (χ0v) is 15.8. The maximum atomic E-state index is 12.4. The Kier molecular flexibility index (Phi) is 5.12. The van der Waals surface area contributed by atoms with E-state index >= 15 is 0 Å². The van der Waals surface area contributed by atoms with Gasteiger partial charge in [-0.15, -0.1) is 22.7 Å². The highest BCUT2D eigenvalue weighted by atomic mass is 32.1. The molecule has 1 aliphatic heterocycles. The Labute approximate surface area is 160 Å². The van der Waals surface area contributed by atoms with Gasteiger partial charge in [0.2, 0.25) is 0 Å². The molecule has 8 heteroatoms. The quantitative estimate of drug-likeness (QED) is 0.749. The lowest BCUT2D eigenvalue weighted by Crippen LogP contribution is -2.51. The molecular weight excluding hydrogens is 366 g/mol. The number of thiazole rings is 2. The third kappa shape index (κ3) is 3.86. The number of benzene rings is 1. The number of nitrogens with zero attached hydrogens (tertiary/aromatic N) is 4. The highest BCUT2D eigenvalue weighted by Gasteiger charge is 2.22. The van der Waals surface area contributed by atoms with Crippen molar-refractivity contribution in [2.45, 2.75) is 6.54 Å². The number of piperazine rings is 1. The number of hydrogen-bond acceptors (Lipinski definition) is 6. The molecule has 1 fully saturated rings. The molecule has 0 saturated carbocycles. The molecule has 0 spiro atoms. The molecule has 2 aromatic heterocycles. The second-order valence-corrected chi connectivity index (χ2v) is 7.76. The Hall–Kier alpha value is -2.45. The third-order valence-electron chi connectivity index (χ3n) is 4.27. The minimum atomic E-state index is -0.0275. The number of anilines is 1. The van der Waals surface area contributed by atoms with Gasteiger partial charge in [0.25, 0.3) is 0 Å². The number of urea groups is 1. The fourth-order valence-corrected chi connectivity index (χ4v) is 4.31. The number of aromatic nitrogens is 2. The number of hydrogen-bond donors (Lipinski definition) is 1. The van der Waals surface area contributed by atoms with E-state index < -0.39 is 0 Å². The second kappa shape index (κ2) is 7.84. The van der Waals surface area contributed by atoms with E-state index in [2.05, 4.69) is 20.2 Å². The van der Waals surface area contributed by atoms with Crippen molar-refractivity contribution in [2.24, 2.45) is 0 Å². The minimum absolute atomic E-state index is 0.0275. The molecule has 2 amide bonds.